The Hall–Kier alpha value is -0.930. The van der Waals surface area contributed by atoms with E-state index in [1.165, 1.54) is 5.56 Å². The van der Waals surface area contributed by atoms with Crippen LogP contribution in [0.25, 0.3) is 0 Å². The summed E-state index contributed by atoms with van der Waals surface area (Å²) < 4.78 is 5.48. The SMILES string of the molecule is CCOCC(NCCc1cccnc1)C(C)C. The summed E-state index contributed by atoms with van der Waals surface area (Å²) in [5.74, 6) is 0.593. The van der Waals surface area contributed by atoms with E-state index in [1.807, 2.05) is 25.4 Å². The Kier molecular flexibility index (Phi) is 6.82. The lowest BCUT2D eigenvalue weighted by Gasteiger charge is -2.22. The zero-order valence-corrected chi connectivity index (χ0v) is 11.1. The summed E-state index contributed by atoms with van der Waals surface area (Å²) in [4.78, 5) is 4.11. The second-order valence-electron chi connectivity index (χ2n) is 4.58. The number of ether oxygens (including phenoxy) is 1. The first kappa shape index (κ1) is 14.1. The van der Waals surface area contributed by atoms with Crippen LogP contribution in [0.4, 0.5) is 0 Å². The summed E-state index contributed by atoms with van der Waals surface area (Å²) in [6.07, 6.45) is 4.75. The average Bonchev–Trinajstić information content (AvgIpc) is 2.34. The summed E-state index contributed by atoms with van der Waals surface area (Å²) in [5, 5.41) is 3.55. The van der Waals surface area contributed by atoms with Crippen LogP contribution in [0.15, 0.2) is 24.5 Å². The van der Waals surface area contributed by atoms with Gasteiger partial charge in [0.25, 0.3) is 0 Å². The number of nitrogens with zero attached hydrogens (tertiary/aromatic N) is 1. The van der Waals surface area contributed by atoms with E-state index < -0.39 is 0 Å². The minimum atomic E-state index is 0.437. The molecule has 96 valence electrons. The van der Waals surface area contributed by atoms with E-state index in [9.17, 15) is 0 Å². The molecule has 0 spiro atoms. The molecule has 1 atom stereocenters. The van der Waals surface area contributed by atoms with Crippen LogP contribution in [-0.4, -0.2) is 30.8 Å². The molecule has 3 nitrogen and oxygen atoms in total. The van der Waals surface area contributed by atoms with Crippen LogP contribution in [0.3, 0.4) is 0 Å². The molecule has 0 aromatic carbocycles. The highest BCUT2D eigenvalue weighted by atomic mass is 16.5. The molecular weight excluding hydrogens is 212 g/mol. The number of aromatic nitrogens is 1. The van der Waals surface area contributed by atoms with Crippen molar-refractivity contribution in [3.8, 4) is 0 Å². The molecule has 17 heavy (non-hydrogen) atoms. The highest BCUT2D eigenvalue weighted by molar-refractivity contribution is 5.08. The van der Waals surface area contributed by atoms with Gasteiger partial charge >= 0.3 is 0 Å². The van der Waals surface area contributed by atoms with Crippen LogP contribution in [0.5, 0.6) is 0 Å². The minimum Gasteiger partial charge on any atom is -0.380 e. The zero-order chi connectivity index (χ0) is 12.5. The Morgan fingerprint density at radius 2 is 2.24 bits per heavy atom. The first-order valence-corrected chi connectivity index (χ1v) is 6.44. The predicted octanol–water partition coefficient (Wildman–Crippen LogP) is 2.27. The maximum atomic E-state index is 5.48. The van der Waals surface area contributed by atoms with Crippen molar-refractivity contribution in [3.63, 3.8) is 0 Å². The molecule has 3 heteroatoms. The third kappa shape index (κ3) is 5.80. The summed E-state index contributed by atoms with van der Waals surface area (Å²) in [5.41, 5.74) is 1.28. The van der Waals surface area contributed by atoms with Gasteiger partial charge in [-0.15, -0.1) is 0 Å². The zero-order valence-electron chi connectivity index (χ0n) is 11.1. The van der Waals surface area contributed by atoms with E-state index in [-0.39, 0.29) is 0 Å². The average molecular weight is 236 g/mol. The molecule has 0 aliphatic rings. The van der Waals surface area contributed by atoms with Crippen molar-refractivity contribution in [3.05, 3.63) is 30.1 Å². The van der Waals surface area contributed by atoms with Gasteiger partial charge in [-0.1, -0.05) is 19.9 Å². The second kappa shape index (κ2) is 8.20. The van der Waals surface area contributed by atoms with Gasteiger partial charge < -0.3 is 10.1 Å². The summed E-state index contributed by atoms with van der Waals surface area (Å²) >= 11 is 0. The lowest BCUT2D eigenvalue weighted by molar-refractivity contribution is 0.108. The van der Waals surface area contributed by atoms with E-state index in [4.69, 9.17) is 4.74 Å². The molecule has 0 saturated heterocycles. The highest BCUT2D eigenvalue weighted by Gasteiger charge is 2.12. The van der Waals surface area contributed by atoms with Crippen molar-refractivity contribution in [1.82, 2.24) is 10.3 Å². The van der Waals surface area contributed by atoms with Gasteiger partial charge in [0, 0.05) is 25.0 Å². The van der Waals surface area contributed by atoms with Gasteiger partial charge in [0.1, 0.15) is 0 Å². The topological polar surface area (TPSA) is 34.1 Å². The van der Waals surface area contributed by atoms with Crippen LogP contribution in [0, 0.1) is 5.92 Å². The minimum absolute atomic E-state index is 0.437. The maximum Gasteiger partial charge on any atom is 0.0621 e. The fraction of sp³-hybridized carbons (Fsp3) is 0.643. The molecule has 0 aliphatic heterocycles. The van der Waals surface area contributed by atoms with E-state index >= 15 is 0 Å². The van der Waals surface area contributed by atoms with Crippen molar-refractivity contribution >= 4 is 0 Å². The van der Waals surface area contributed by atoms with Crippen LogP contribution < -0.4 is 5.32 Å². The van der Waals surface area contributed by atoms with E-state index in [2.05, 4.69) is 30.2 Å². The van der Waals surface area contributed by atoms with Crippen molar-refractivity contribution in [2.75, 3.05) is 19.8 Å². The lowest BCUT2D eigenvalue weighted by atomic mass is 10.1. The molecular formula is C14H24N2O. The fourth-order valence-corrected chi connectivity index (χ4v) is 1.68. The summed E-state index contributed by atoms with van der Waals surface area (Å²) in [6, 6.07) is 4.53. The first-order chi connectivity index (χ1) is 8.24. The monoisotopic (exact) mass is 236 g/mol. The molecule has 1 aromatic rings. The van der Waals surface area contributed by atoms with Gasteiger partial charge in [0.15, 0.2) is 0 Å². The van der Waals surface area contributed by atoms with Crippen LogP contribution in [-0.2, 0) is 11.2 Å². The van der Waals surface area contributed by atoms with Crippen molar-refractivity contribution in [1.29, 1.82) is 0 Å². The molecule has 1 unspecified atom stereocenters. The van der Waals surface area contributed by atoms with E-state index in [1.54, 1.807) is 0 Å². The van der Waals surface area contributed by atoms with Crippen LogP contribution >= 0.6 is 0 Å². The Morgan fingerprint density at radius 3 is 2.82 bits per heavy atom. The van der Waals surface area contributed by atoms with Gasteiger partial charge in [-0.2, -0.15) is 0 Å². The Morgan fingerprint density at radius 1 is 1.41 bits per heavy atom. The molecule has 0 aliphatic carbocycles. The molecule has 0 amide bonds. The smallest absolute Gasteiger partial charge is 0.0621 e. The standard InChI is InChI=1S/C14H24N2O/c1-4-17-11-14(12(2)3)16-9-7-13-6-5-8-15-10-13/h5-6,8,10,12,14,16H,4,7,9,11H2,1-3H3. The highest BCUT2D eigenvalue weighted by Crippen LogP contribution is 2.03. The van der Waals surface area contributed by atoms with Gasteiger partial charge in [-0.25, -0.2) is 0 Å². The quantitative estimate of drug-likeness (QED) is 0.752. The predicted molar refractivity (Wildman–Crippen MR) is 71.1 cm³/mol. The summed E-state index contributed by atoms with van der Waals surface area (Å²) in [7, 11) is 0. The Labute approximate surface area is 105 Å². The third-order valence-corrected chi connectivity index (χ3v) is 2.85. The molecule has 0 fully saturated rings. The molecule has 0 bridgehead atoms. The Balaban J connectivity index is 2.27. The summed E-state index contributed by atoms with van der Waals surface area (Å²) in [6.45, 7) is 9.03. The molecule has 0 saturated carbocycles. The number of nitrogens with one attached hydrogen (secondary N) is 1. The van der Waals surface area contributed by atoms with Gasteiger partial charge in [-0.05, 0) is 37.4 Å². The van der Waals surface area contributed by atoms with E-state index in [0.29, 0.717) is 12.0 Å². The third-order valence-electron chi connectivity index (χ3n) is 2.85. The Bertz CT molecular complexity index is 288. The molecule has 1 aromatic heterocycles. The molecule has 1 heterocycles. The van der Waals surface area contributed by atoms with Gasteiger partial charge in [-0.3, -0.25) is 4.98 Å². The lowest BCUT2D eigenvalue weighted by Crippen LogP contribution is -2.39. The van der Waals surface area contributed by atoms with Gasteiger partial charge in [0.05, 0.1) is 6.61 Å². The molecule has 0 radical (unpaired) electrons. The van der Waals surface area contributed by atoms with Crippen molar-refractivity contribution < 1.29 is 4.74 Å². The molecule has 1 N–H and O–H groups in total. The first-order valence-electron chi connectivity index (χ1n) is 6.44. The normalized spacial score (nSPS) is 12.9. The number of hydrogen-bond donors (Lipinski definition) is 1. The largest absolute Gasteiger partial charge is 0.380 e. The fourth-order valence-electron chi connectivity index (χ4n) is 1.68. The van der Waals surface area contributed by atoms with Crippen molar-refractivity contribution in [2.24, 2.45) is 5.92 Å². The second-order valence-corrected chi connectivity index (χ2v) is 4.58. The molecule has 1 rings (SSSR count). The van der Waals surface area contributed by atoms with Crippen LogP contribution in [0.1, 0.15) is 26.3 Å². The van der Waals surface area contributed by atoms with Crippen molar-refractivity contribution in [2.45, 2.75) is 33.2 Å². The van der Waals surface area contributed by atoms with Crippen LogP contribution in [0.2, 0.25) is 0 Å². The number of rotatable bonds is 8. The van der Waals surface area contributed by atoms with Gasteiger partial charge in [0.2, 0.25) is 0 Å². The maximum absolute atomic E-state index is 5.48. The number of hydrogen-bond acceptors (Lipinski definition) is 3. The number of pyridine rings is 1. The van der Waals surface area contributed by atoms with E-state index in [0.717, 1.165) is 26.2 Å².